The highest BCUT2D eigenvalue weighted by Crippen LogP contribution is 2.16. The van der Waals surface area contributed by atoms with Crippen LogP contribution >= 0.6 is 11.6 Å². The molecule has 0 saturated heterocycles. The molecular formula is C18H22ClNO2S. The van der Waals surface area contributed by atoms with Crippen molar-refractivity contribution in [3.05, 3.63) is 64.7 Å². The van der Waals surface area contributed by atoms with E-state index in [1.165, 1.54) is 11.1 Å². The lowest BCUT2D eigenvalue weighted by molar-refractivity contribution is 0.296. The third-order valence-corrected chi connectivity index (χ3v) is 5.91. The molecule has 5 heteroatoms. The van der Waals surface area contributed by atoms with E-state index in [9.17, 15) is 8.42 Å². The number of aryl methyl sites for hydroxylation is 1. The SMILES string of the molecule is CCN(CCS(=O)(=O)c1ccc(Cl)cc1)Cc1ccccc1C. The van der Waals surface area contributed by atoms with Crippen molar-refractivity contribution in [2.24, 2.45) is 0 Å². The van der Waals surface area contributed by atoms with Gasteiger partial charge in [-0.2, -0.15) is 0 Å². The van der Waals surface area contributed by atoms with Crippen molar-refractivity contribution in [3.63, 3.8) is 0 Å². The molecule has 2 aromatic rings. The van der Waals surface area contributed by atoms with Crippen LogP contribution in [0.4, 0.5) is 0 Å². The highest BCUT2D eigenvalue weighted by atomic mass is 35.5. The molecule has 0 N–H and O–H groups in total. The summed E-state index contributed by atoms with van der Waals surface area (Å²) in [5, 5.41) is 0.540. The number of benzene rings is 2. The molecule has 23 heavy (non-hydrogen) atoms. The molecule has 0 heterocycles. The predicted molar refractivity (Wildman–Crippen MR) is 95.6 cm³/mol. The van der Waals surface area contributed by atoms with E-state index < -0.39 is 9.84 Å². The lowest BCUT2D eigenvalue weighted by Crippen LogP contribution is -2.29. The number of nitrogens with zero attached hydrogens (tertiary/aromatic N) is 1. The van der Waals surface area contributed by atoms with Gasteiger partial charge in [-0.3, -0.25) is 4.90 Å². The quantitative estimate of drug-likeness (QED) is 0.758. The summed E-state index contributed by atoms with van der Waals surface area (Å²) in [6.07, 6.45) is 0. The van der Waals surface area contributed by atoms with Crippen LogP contribution in [-0.4, -0.2) is 32.2 Å². The van der Waals surface area contributed by atoms with E-state index in [0.717, 1.165) is 13.1 Å². The van der Waals surface area contributed by atoms with Gasteiger partial charge in [-0.25, -0.2) is 8.42 Å². The Balaban J connectivity index is 2.02. The predicted octanol–water partition coefficient (Wildman–Crippen LogP) is 3.94. The fraction of sp³-hybridized carbons (Fsp3) is 0.333. The van der Waals surface area contributed by atoms with Gasteiger partial charge in [0.2, 0.25) is 0 Å². The largest absolute Gasteiger partial charge is 0.298 e. The van der Waals surface area contributed by atoms with E-state index in [0.29, 0.717) is 16.5 Å². The van der Waals surface area contributed by atoms with Crippen LogP contribution in [0.5, 0.6) is 0 Å². The van der Waals surface area contributed by atoms with Gasteiger partial charge >= 0.3 is 0 Å². The number of hydrogen-bond acceptors (Lipinski definition) is 3. The van der Waals surface area contributed by atoms with E-state index in [1.54, 1.807) is 24.3 Å². The van der Waals surface area contributed by atoms with Crippen LogP contribution in [0.1, 0.15) is 18.1 Å². The molecule has 124 valence electrons. The van der Waals surface area contributed by atoms with Crippen LogP contribution in [0.25, 0.3) is 0 Å². The van der Waals surface area contributed by atoms with Crippen molar-refractivity contribution in [3.8, 4) is 0 Å². The molecule has 0 amide bonds. The summed E-state index contributed by atoms with van der Waals surface area (Å²) in [5.41, 5.74) is 2.46. The fourth-order valence-corrected chi connectivity index (χ4v) is 3.80. The van der Waals surface area contributed by atoms with Gasteiger partial charge in [-0.05, 0) is 48.9 Å². The van der Waals surface area contributed by atoms with Crippen molar-refractivity contribution < 1.29 is 8.42 Å². The van der Waals surface area contributed by atoms with Crippen molar-refractivity contribution >= 4 is 21.4 Å². The molecule has 2 rings (SSSR count). The normalized spacial score (nSPS) is 11.8. The average molecular weight is 352 g/mol. The second-order valence-corrected chi connectivity index (χ2v) is 8.11. The first-order valence-electron chi connectivity index (χ1n) is 7.67. The zero-order valence-corrected chi connectivity index (χ0v) is 15.1. The van der Waals surface area contributed by atoms with Gasteiger partial charge in [0, 0.05) is 18.1 Å². The number of sulfone groups is 1. The van der Waals surface area contributed by atoms with Gasteiger partial charge in [-0.1, -0.05) is 42.8 Å². The van der Waals surface area contributed by atoms with Gasteiger partial charge < -0.3 is 0 Å². The second kappa shape index (κ2) is 7.95. The summed E-state index contributed by atoms with van der Waals surface area (Å²) in [5.74, 6) is 0.106. The molecule has 0 aromatic heterocycles. The summed E-state index contributed by atoms with van der Waals surface area (Å²) in [6, 6.07) is 14.5. The monoisotopic (exact) mass is 351 g/mol. The average Bonchev–Trinajstić information content (AvgIpc) is 2.53. The number of hydrogen-bond donors (Lipinski definition) is 0. The van der Waals surface area contributed by atoms with Gasteiger partial charge in [0.15, 0.2) is 9.84 Å². The highest BCUT2D eigenvalue weighted by molar-refractivity contribution is 7.91. The first-order chi connectivity index (χ1) is 10.9. The van der Waals surface area contributed by atoms with Gasteiger partial charge in [0.1, 0.15) is 0 Å². The molecule has 2 aromatic carbocycles. The Morgan fingerprint density at radius 3 is 2.30 bits per heavy atom. The molecule has 0 unspecified atom stereocenters. The molecule has 0 aliphatic heterocycles. The summed E-state index contributed by atoms with van der Waals surface area (Å²) in [6.45, 7) is 6.21. The topological polar surface area (TPSA) is 37.4 Å². The number of rotatable bonds is 7. The van der Waals surface area contributed by atoms with Crippen molar-refractivity contribution in [2.45, 2.75) is 25.3 Å². The van der Waals surface area contributed by atoms with E-state index in [1.807, 2.05) is 19.1 Å². The molecule has 0 atom stereocenters. The van der Waals surface area contributed by atoms with Gasteiger partial charge in [0.05, 0.1) is 10.6 Å². The Labute approximate surface area is 143 Å². The molecule has 0 aliphatic rings. The smallest absolute Gasteiger partial charge is 0.179 e. The van der Waals surface area contributed by atoms with Crippen LogP contribution in [-0.2, 0) is 16.4 Å². The maximum atomic E-state index is 12.4. The summed E-state index contributed by atoms with van der Waals surface area (Å²) < 4.78 is 24.8. The third-order valence-electron chi connectivity index (χ3n) is 3.95. The lowest BCUT2D eigenvalue weighted by atomic mass is 10.1. The summed E-state index contributed by atoms with van der Waals surface area (Å²) in [7, 11) is -3.28. The zero-order chi connectivity index (χ0) is 16.9. The van der Waals surface area contributed by atoms with Crippen LogP contribution < -0.4 is 0 Å². The van der Waals surface area contributed by atoms with Crippen molar-refractivity contribution in [1.29, 1.82) is 0 Å². The fourth-order valence-electron chi connectivity index (χ4n) is 2.39. The maximum Gasteiger partial charge on any atom is 0.179 e. The maximum absolute atomic E-state index is 12.4. The Kier molecular flexibility index (Phi) is 6.22. The first-order valence-corrected chi connectivity index (χ1v) is 9.70. The molecule has 0 bridgehead atoms. The minimum absolute atomic E-state index is 0.106. The highest BCUT2D eigenvalue weighted by Gasteiger charge is 2.16. The van der Waals surface area contributed by atoms with Gasteiger partial charge in [0.25, 0.3) is 0 Å². The Bertz CT molecular complexity index is 742. The minimum Gasteiger partial charge on any atom is -0.298 e. The first kappa shape index (κ1) is 18.0. The minimum atomic E-state index is -3.28. The number of halogens is 1. The molecule has 0 saturated carbocycles. The van der Waals surface area contributed by atoms with Crippen LogP contribution in [0.2, 0.25) is 5.02 Å². The zero-order valence-electron chi connectivity index (χ0n) is 13.5. The molecule has 0 aliphatic carbocycles. The Morgan fingerprint density at radius 1 is 1.04 bits per heavy atom. The lowest BCUT2D eigenvalue weighted by Gasteiger charge is -2.21. The van der Waals surface area contributed by atoms with E-state index in [4.69, 9.17) is 11.6 Å². The Morgan fingerprint density at radius 2 is 1.70 bits per heavy atom. The Hall–Kier alpha value is -1.36. The van der Waals surface area contributed by atoms with Crippen LogP contribution in [0.15, 0.2) is 53.4 Å². The van der Waals surface area contributed by atoms with Crippen LogP contribution in [0.3, 0.4) is 0 Å². The van der Waals surface area contributed by atoms with Crippen molar-refractivity contribution in [1.82, 2.24) is 4.90 Å². The molecular weight excluding hydrogens is 330 g/mol. The summed E-state index contributed by atoms with van der Waals surface area (Å²) in [4.78, 5) is 2.48. The third kappa shape index (κ3) is 5.06. The molecule has 3 nitrogen and oxygen atoms in total. The van der Waals surface area contributed by atoms with Crippen LogP contribution in [0, 0.1) is 6.92 Å². The summed E-state index contributed by atoms with van der Waals surface area (Å²) >= 11 is 5.81. The van der Waals surface area contributed by atoms with E-state index in [-0.39, 0.29) is 5.75 Å². The van der Waals surface area contributed by atoms with Gasteiger partial charge in [-0.15, -0.1) is 0 Å². The van der Waals surface area contributed by atoms with E-state index in [2.05, 4.69) is 24.0 Å². The standard InChI is InChI=1S/C18H22ClNO2S/c1-3-20(14-16-7-5-4-6-15(16)2)12-13-23(21,22)18-10-8-17(19)9-11-18/h4-11H,3,12-14H2,1-2H3. The molecule has 0 spiro atoms. The molecule has 0 radical (unpaired) electrons. The van der Waals surface area contributed by atoms with Crippen molar-refractivity contribution in [2.75, 3.05) is 18.8 Å². The molecule has 0 fully saturated rings. The second-order valence-electron chi connectivity index (χ2n) is 5.57. The van der Waals surface area contributed by atoms with E-state index >= 15 is 0 Å².